The van der Waals surface area contributed by atoms with Gasteiger partial charge in [-0.1, -0.05) is 30.3 Å². The molecule has 0 fully saturated rings. The second-order valence-electron chi connectivity index (χ2n) is 5.24. The molecule has 2 aromatic heterocycles. The number of thiophene rings is 1. The molecule has 0 saturated carbocycles. The van der Waals surface area contributed by atoms with Gasteiger partial charge in [0.2, 0.25) is 5.91 Å². The van der Waals surface area contributed by atoms with Crippen LogP contribution in [-0.2, 0) is 17.8 Å². The monoisotopic (exact) mass is 327 g/mol. The number of nitrogens with zero attached hydrogens (tertiary/aromatic N) is 4. The average Bonchev–Trinajstić information content (AvgIpc) is 3.23. The van der Waals surface area contributed by atoms with E-state index in [1.807, 2.05) is 42.6 Å². The van der Waals surface area contributed by atoms with Crippen molar-refractivity contribution in [2.75, 3.05) is 0 Å². The Balaban J connectivity index is 1.72. The summed E-state index contributed by atoms with van der Waals surface area (Å²) in [4.78, 5) is 13.8. The Labute approximate surface area is 138 Å². The van der Waals surface area contributed by atoms with Crippen LogP contribution in [0.1, 0.15) is 22.0 Å². The molecular weight excluding hydrogens is 310 g/mol. The average molecular weight is 327 g/mol. The van der Waals surface area contributed by atoms with E-state index in [1.54, 1.807) is 11.3 Å². The maximum absolute atomic E-state index is 12.6. The fourth-order valence-corrected chi connectivity index (χ4v) is 3.17. The summed E-state index contributed by atoms with van der Waals surface area (Å²) in [6.45, 7) is 2.57. The number of tetrazole rings is 1. The second-order valence-corrected chi connectivity index (χ2v) is 6.24. The Hall–Kier alpha value is -2.54. The Morgan fingerprint density at radius 3 is 2.78 bits per heavy atom. The van der Waals surface area contributed by atoms with Gasteiger partial charge in [0.1, 0.15) is 12.4 Å². The fraction of sp³-hybridized carbons (Fsp3) is 0.250. The predicted molar refractivity (Wildman–Crippen MR) is 87.9 cm³/mol. The molecule has 0 unspecified atom stereocenters. The highest BCUT2D eigenvalue weighted by Crippen LogP contribution is 2.17. The molecule has 23 heavy (non-hydrogen) atoms. The largest absolute Gasteiger partial charge is 0.349 e. The van der Waals surface area contributed by atoms with Crippen LogP contribution in [0.5, 0.6) is 0 Å². The highest BCUT2D eigenvalue weighted by atomic mass is 32.1. The molecule has 2 heterocycles. The summed E-state index contributed by atoms with van der Waals surface area (Å²) in [5.41, 5.74) is 2.26. The first kappa shape index (κ1) is 15.4. The molecule has 0 bridgehead atoms. The zero-order valence-electron chi connectivity index (χ0n) is 12.7. The summed E-state index contributed by atoms with van der Waals surface area (Å²) >= 11 is 1.64. The van der Waals surface area contributed by atoms with Crippen LogP contribution < -0.4 is 5.32 Å². The molecule has 3 aromatic rings. The molecule has 0 radical (unpaired) electrons. The molecule has 0 spiro atoms. The van der Waals surface area contributed by atoms with Gasteiger partial charge in [-0.2, -0.15) is 0 Å². The van der Waals surface area contributed by atoms with Crippen LogP contribution in [0.3, 0.4) is 0 Å². The van der Waals surface area contributed by atoms with Gasteiger partial charge >= 0.3 is 0 Å². The van der Waals surface area contributed by atoms with Crippen molar-refractivity contribution >= 4 is 17.2 Å². The number of rotatable bonds is 6. The number of aryl methyl sites for hydroxylation is 1. The van der Waals surface area contributed by atoms with Gasteiger partial charge < -0.3 is 5.32 Å². The molecule has 118 valence electrons. The summed E-state index contributed by atoms with van der Waals surface area (Å²) in [5, 5.41) is 16.2. The lowest BCUT2D eigenvalue weighted by Crippen LogP contribution is -2.33. The lowest BCUT2D eigenvalue weighted by atomic mass is 10.1. The summed E-state index contributed by atoms with van der Waals surface area (Å²) in [6, 6.07) is 11.4. The maximum Gasteiger partial charge on any atom is 0.245 e. The number of hydrogen-bond donors (Lipinski definition) is 1. The number of hydrogen-bond acceptors (Lipinski definition) is 5. The first-order chi connectivity index (χ1) is 11.2. The molecule has 0 aliphatic rings. The van der Waals surface area contributed by atoms with Crippen molar-refractivity contribution in [3.05, 3.63) is 64.1 Å². The fourth-order valence-electron chi connectivity index (χ4n) is 2.33. The maximum atomic E-state index is 12.6. The van der Waals surface area contributed by atoms with Crippen molar-refractivity contribution in [3.8, 4) is 0 Å². The molecule has 6 nitrogen and oxygen atoms in total. The van der Waals surface area contributed by atoms with Crippen molar-refractivity contribution in [2.45, 2.75) is 25.9 Å². The summed E-state index contributed by atoms with van der Waals surface area (Å²) in [7, 11) is 0. The number of benzene rings is 1. The zero-order chi connectivity index (χ0) is 16.1. The van der Waals surface area contributed by atoms with E-state index >= 15 is 0 Å². The van der Waals surface area contributed by atoms with Gasteiger partial charge in [-0.25, -0.2) is 4.68 Å². The highest BCUT2D eigenvalue weighted by Gasteiger charge is 2.22. The summed E-state index contributed by atoms with van der Waals surface area (Å²) < 4.78 is 1.50. The quantitative estimate of drug-likeness (QED) is 0.753. The van der Waals surface area contributed by atoms with Gasteiger partial charge in [0, 0.05) is 11.3 Å². The van der Waals surface area contributed by atoms with E-state index in [2.05, 4.69) is 26.9 Å². The van der Waals surface area contributed by atoms with E-state index in [0.717, 1.165) is 10.4 Å². The lowest BCUT2D eigenvalue weighted by molar-refractivity contribution is -0.124. The van der Waals surface area contributed by atoms with Gasteiger partial charge in [-0.3, -0.25) is 4.79 Å². The molecule has 1 N–H and O–H groups in total. The van der Waals surface area contributed by atoms with Gasteiger partial charge in [-0.15, -0.1) is 16.4 Å². The molecule has 0 saturated heterocycles. The van der Waals surface area contributed by atoms with Gasteiger partial charge in [-0.05, 0) is 39.9 Å². The topological polar surface area (TPSA) is 72.7 Å². The zero-order valence-corrected chi connectivity index (χ0v) is 13.5. The lowest BCUT2D eigenvalue weighted by Gasteiger charge is -2.16. The van der Waals surface area contributed by atoms with Crippen molar-refractivity contribution in [3.63, 3.8) is 0 Å². The number of aromatic nitrogens is 4. The Morgan fingerprint density at radius 2 is 2.13 bits per heavy atom. The third-order valence-corrected chi connectivity index (χ3v) is 4.67. The van der Waals surface area contributed by atoms with Crippen molar-refractivity contribution < 1.29 is 4.79 Å². The SMILES string of the molecule is Cc1ccsc1CNC(=O)[C@H](Cc1ccccc1)n1cnnn1. The van der Waals surface area contributed by atoms with Crippen LogP contribution in [0, 0.1) is 6.92 Å². The van der Waals surface area contributed by atoms with E-state index in [9.17, 15) is 4.79 Å². The normalized spacial score (nSPS) is 12.0. The Bertz CT molecular complexity index is 754. The third-order valence-electron chi connectivity index (χ3n) is 3.65. The van der Waals surface area contributed by atoms with Crippen LogP contribution in [0.2, 0.25) is 0 Å². The van der Waals surface area contributed by atoms with Crippen molar-refractivity contribution in [2.24, 2.45) is 0 Å². The van der Waals surface area contributed by atoms with E-state index in [4.69, 9.17) is 0 Å². The number of carbonyl (C=O) groups excluding carboxylic acids is 1. The highest BCUT2D eigenvalue weighted by molar-refractivity contribution is 7.10. The number of amides is 1. The molecule has 1 aromatic carbocycles. The summed E-state index contributed by atoms with van der Waals surface area (Å²) in [6.07, 6.45) is 2.02. The van der Waals surface area contributed by atoms with E-state index in [0.29, 0.717) is 13.0 Å². The minimum absolute atomic E-state index is 0.0889. The molecule has 0 aliphatic heterocycles. The Kier molecular flexibility index (Phi) is 4.77. The van der Waals surface area contributed by atoms with Gasteiger partial charge in [0.25, 0.3) is 0 Å². The standard InChI is InChI=1S/C16H17N5OS/c1-12-7-8-23-15(12)10-17-16(22)14(21-11-18-19-20-21)9-13-5-3-2-4-6-13/h2-8,11,14H,9-10H2,1H3,(H,17,22)/t14-/m0/s1. The first-order valence-corrected chi connectivity index (χ1v) is 8.19. The second kappa shape index (κ2) is 7.15. The van der Waals surface area contributed by atoms with Gasteiger partial charge in [0.15, 0.2) is 0 Å². The van der Waals surface area contributed by atoms with Crippen LogP contribution in [0.15, 0.2) is 48.1 Å². The van der Waals surface area contributed by atoms with E-state index in [-0.39, 0.29) is 5.91 Å². The van der Waals surface area contributed by atoms with Crippen LogP contribution in [-0.4, -0.2) is 26.1 Å². The van der Waals surface area contributed by atoms with Crippen LogP contribution in [0.4, 0.5) is 0 Å². The van der Waals surface area contributed by atoms with Gasteiger partial charge in [0.05, 0.1) is 6.54 Å². The minimum Gasteiger partial charge on any atom is -0.349 e. The van der Waals surface area contributed by atoms with E-state index < -0.39 is 6.04 Å². The molecule has 7 heteroatoms. The Morgan fingerprint density at radius 1 is 1.30 bits per heavy atom. The summed E-state index contributed by atoms with van der Waals surface area (Å²) in [5.74, 6) is -0.0889. The smallest absolute Gasteiger partial charge is 0.245 e. The number of nitrogens with one attached hydrogen (secondary N) is 1. The minimum atomic E-state index is -0.465. The first-order valence-electron chi connectivity index (χ1n) is 7.31. The molecule has 1 amide bonds. The van der Waals surface area contributed by atoms with Crippen molar-refractivity contribution in [1.29, 1.82) is 0 Å². The van der Waals surface area contributed by atoms with Crippen LogP contribution in [0.25, 0.3) is 0 Å². The third kappa shape index (κ3) is 3.81. The number of carbonyl (C=O) groups is 1. The predicted octanol–water partition coefficient (Wildman–Crippen LogP) is 2.14. The van der Waals surface area contributed by atoms with E-state index in [1.165, 1.54) is 16.6 Å². The molecule has 1 atom stereocenters. The van der Waals surface area contributed by atoms with Crippen molar-refractivity contribution in [1.82, 2.24) is 25.5 Å². The molecular formula is C16H17N5OS. The molecule has 3 rings (SSSR count). The molecule has 0 aliphatic carbocycles. The van der Waals surface area contributed by atoms with Crippen LogP contribution >= 0.6 is 11.3 Å².